The Labute approximate surface area is 207 Å². The molecule has 5 rings (SSSR count). The van der Waals surface area contributed by atoms with Gasteiger partial charge >= 0.3 is 0 Å². The highest BCUT2D eigenvalue weighted by Crippen LogP contribution is 2.41. The highest BCUT2D eigenvalue weighted by molar-refractivity contribution is 7.98. The molecule has 4 aromatic rings. The van der Waals surface area contributed by atoms with Crippen molar-refractivity contribution in [2.24, 2.45) is 0 Å². The molecule has 1 aliphatic heterocycles. The van der Waals surface area contributed by atoms with Gasteiger partial charge in [-0.05, 0) is 29.8 Å². The average Bonchev–Trinajstić information content (AvgIpc) is 3.07. The lowest BCUT2D eigenvalue weighted by Gasteiger charge is -2.20. The Bertz CT molecular complexity index is 1310. The van der Waals surface area contributed by atoms with E-state index in [1.807, 2.05) is 54.6 Å². The van der Waals surface area contributed by atoms with Gasteiger partial charge in [0.1, 0.15) is 6.61 Å². The monoisotopic (exact) mass is 488 g/mol. The number of aromatic nitrogens is 3. The van der Waals surface area contributed by atoms with Gasteiger partial charge in [-0.25, -0.2) is 0 Å². The van der Waals surface area contributed by atoms with Gasteiger partial charge in [0.25, 0.3) is 0 Å². The Hall–Kier alpha value is -3.82. The number of hydrogen-bond donors (Lipinski definition) is 2. The number of nitrogens with zero attached hydrogens (tertiary/aromatic N) is 3. The number of aliphatic hydroxyl groups is 1. The van der Waals surface area contributed by atoms with Crippen LogP contribution in [0.3, 0.4) is 0 Å². The van der Waals surface area contributed by atoms with Gasteiger partial charge < -0.3 is 24.6 Å². The molecule has 0 amide bonds. The van der Waals surface area contributed by atoms with E-state index in [0.29, 0.717) is 28.2 Å². The molecular weight excluding hydrogens is 464 g/mol. The Balaban J connectivity index is 1.47. The molecule has 3 aromatic carbocycles. The van der Waals surface area contributed by atoms with Gasteiger partial charge in [-0.15, -0.1) is 10.2 Å². The van der Waals surface area contributed by atoms with Crippen LogP contribution in [-0.4, -0.2) is 40.6 Å². The average molecular weight is 489 g/mol. The van der Waals surface area contributed by atoms with Crippen LogP contribution in [0.4, 0.5) is 5.69 Å². The van der Waals surface area contributed by atoms with E-state index >= 15 is 0 Å². The molecule has 1 atom stereocenters. The van der Waals surface area contributed by atoms with Crippen LogP contribution in [-0.2, 0) is 5.75 Å². The van der Waals surface area contributed by atoms with Crippen molar-refractivity contribution in [3.8, 4) is 28.6 Å². The summed E-state index contributed by atoms with van der Waals surface area (Å²) in [5.41, 5.74) is 4.29. The summed E-state index contributed by atoms with van der Waals surface area (Å²) in [5.74, 6) is 2.21. The largest absolute Gasteiger partial charge is 0.493 e. The zero-order valence-corrected chi connectivity index (χ0v) is 19.9. The first-order valence-electron chi connectivity index (χ1n) is 11.1. The predicted molar refractivity (Wildman–Crippen MR) is 134 cm³/mol. The second-order valence-electron chi connectivity index (χ2n) is 7.69. The third-order valence-electron chi connectivity index (χ3n) is 5.38. The standard InChI is InChI=1S/C26H24N4O4S/c1-32-22-15-18(11-12-21(22)33-14-13-31)24-27-20-10-6-5-9-19(20)23-25(34-24)28-26(30-29-23)35-16-17-7-3-2-4-8-17/h2-12,15,24,27,31H,13-14,16H2,1H3. The first-order valence-corrected chi connectivity index (χ1v) is 12.1. The molecule has 0 saturated heterocycles. The van der Waals surface area contributed by atoms with Crippen molar-refractivity contribution < 1.29 is 19.3 Å². The molecule has 2 heterocycles. The molecule has 0 spiro atoms. The molecule has 35 heavy (non-hydrogen) atoms. The summed E-state index contributed by atoms with van der Waals surface area (Å²) in [7, 11) is 1.57. The van der Waals surface area contributed by atoms with E-state index in [0.717, 1.165) is 22.6 Å². The number of rotatable bonds is 8. The molecule has 1 aliphatic rings. The lowest BCUT2D eigenvalue weighted by atomic mass is 10.1. The van der Waals surface area contributed by atoms with Crippen molar-refractivity contribution in [3.63, 3.8) is 0 Å². The summed E-state index contributed by atoms with van der Waals surface area (Å²) in [4.78, 5) is 4.71. The molecule has 0 bridgehead atoms. The second kappa shape index (κ2) is 10.6. The fourth-order valence-electron chi connectivity index (χ4n) is 3.70. The van der Waals surface area contributed by atoms with Crippen LogP contribution in [0.1, 0.15) is 17.4 Å². The maximum Gasteiger partial charge on any atom is 0.247 e. The second-order valence-corrected chi connectivity index (χ2v) is 8.64. The molecule has 8 nitrogen and oxygen atoms in total. The topological polar surface area (TPSA) is 98.6 Å². The number of benzene rings is 3. The Morgan fingerprint density at radius 1 is 1.00 bits per heavy atom. The van der Waals surface area contributed by atoms with Crippen LogP contribution in [0, 0.1) is 0 Å². The zero-order valence-electron chi connectivity index (χ0n) is 19.0. The smallest absolute Gasteiger partial charge is 0.247 e. The first kappa shape index (κ1) is 22.9. The van der Waals surface area contributed by atoms with Gasteiger partial charge in [0.2, 0.25) is 11.0 Å². The van der Waals surface area contributed by atoms with Crippen molar-refractivity contribution in [1.82, 2.24) is 15.2 Å². The first-order chi connectivity index (χ1) is 17.2. The maximum absolute atomic E-state index is 9.08. The van der Waals surface area contributed by atoms with Gasteiger partial charge in [0.05, 0.1) is 13.7 Å². The number of para-hydroxylation sites is 1. The molecule has 0 radical (unpaired) electrons. The van der Waals surface area contributed by atoms with Crippen molar-refractivity contribution in [2.45, 2.75) is 17.1 Å². The minimum atomic E-state index is -0.554. The van der Waals surface area contributed by atoms with Gasteiger partial charge in [-0.2, -0.15) is 4.98 Å². The number of ether oxygens (including phenoxy) is 3. The molecular formula is C26H24N4O4S. The van der Waals surface area contributed by atoms with Gasteiger partial charge in [-0.1, -0.05) is 60.3 Å². The quantitative estimate of drug-likeness (QED) is 0.342. The van der Waals surface area contributed by atoms with Crippen molar-refractivity contribution >= 4 is 17.4 Å². The molecule has 178 valence electrons. The van der Waals surface area contributed by atoms with Crippen molar-refractivity contribution in [1.29, 1.82) is 0 Å². The predicted octanol–water partition coefficient (Wildman–Crippen LogP) is 4.71. The summed E-state index contributed by atoms with van der Waals surface area (Å²) < 4.78 is 17.4. The highest BCUT2D eigenvalue weighted by Gasteiger charge is 2.26. The molecule has 0 fully saturated rings. The third-order valence-corrected chi connectivity index (χ3v) is 6.29. The van der Waals surface area contributed by atoms with Crippen molar-refractivity contribution in [2.75, 3.05) is 25.6 Å². The number of fused-ring (bicyclic) bond motifs is 3. The summed E-state index contributed by atoms with van der Waals surface area (Å²) in [6, 6.07) is 23.5. The van der Waals surface area contributed by atoms with Crippen molar-refractivity contribution in [3.05, 3.63) is 83.9 Å². The summed E-state index contributed by atoms with van der Waals surface area (Å²) in [6.45, 7) is 0.101. The van der Waals surface area contributed by atoms with E-state index in [2.05, 4.69) is 27.6 Å². The van der Waals surface area contributed by atoms with Crippen LogP contribution in [0.5, 0.6) is 17.4 Å². The fraction of sp³-hybridized carbons (Fsp3) is 0.192. The van der Waals surface area contributed by atoms with Crippen LogP contribution in [0.2, 0.25) is 0 Å². The number of hydrogen-bond acceptors (Lipinski definition) is 9. The highest BCUT2D eigenvalue weighted by atomic mass is 32.2. The van der Waals surface area contributed by atoms with Crippen LogP contribution in [0.15, 0.2) is 78.0 Å². The Morgan fingerprint density at radius 3 is 2.66 bits per heavy atom. The Morgan fingerprint density at radius 2 is 1.83 bits per heavy atom. The normalized spacial score (nSPS) is 14.1. The minimum Gasteiger partial charge on any atom is -0.493 e. The van der Waals surface area contributed by atoms with Gasteiger partial charge in [0, 0.05) is 22.6 Å². The van der Waals surface area contributed by atoms with E-state index in [9.17, 15) is 0 Å². The van der Waals surface area contributed by atoms with E-state index in [1.54, 1.807) is 13.2 Å². The van der Waals surface area contributed by atoms with Crippen LogP contribution >= 0.6 is 11.8 Å². The lowest BCUT2D eigenvalue weighted by Crippen LogP contribution is -2.17. The van der Waals surface area contributed by atoms with E-state index < -0.39 is 6.23 Å². The lowest BCUT2D eigenvalue weighted by molar-refractivity contribution is 0.195. The number of anilines is 1. The van der Waals surface area contributed by atoms with Gasteiger partial charge in [0.15, 0.2) is 23.4 Å². The van der Waals surface area contributed by atoms with E-state index in [1.165, 1.54) is 17.3 Å². The number of aliphatic hydroxyl groups excluding tert-OH is 1. The molecule has 1 unspecified atom stereocenters. The molecule has 2 N–H and O–H groups in total. The number of nitrogens with one attached hydrogen (secondary N) is 1. The molecule has 0 aliphatic carbocycles. The number of methoxy groups -OCH3 is 1. The molecule has 1 aromatic heterocycles. The van der Waals surface area contributed by atoms with Crippen LogP contribution < -0.4 is 19.5 Å². The molecule has 0 saturated carbocycles. The fourth-order valence-corrected chi connectivity index (χ4v) is 4.44. The SMILES string of the molecule is COc1cc(C2Nc3ccccc3-c3nnc(SCc4ccccc4)nc3O2)ccc1OCCO. The number of thioether (sulfide) groups is 1. The maximum atomic E-state index is 9.08. The van der Waals surface area contributed by atoms with Gasteiger partial charge in [-0.3, -0.25) is 0 Å². The summed E-state index contributed by atoms with van der Waals surface area (Å²) >= 11 is 1.51. The summed E-state index contributed by atoms with van der Waals surface area (Å²) in [5, 5.41) is 21.9. The van der Waals surface area contributed by atoms with E-state index in [-0.39, 0.29) is 13.2 Å². The molecule has 9 heteroatoms. The zero-order chi connectivity index (χ0) is 24.0. The third kappa shape index (κ3) is 5.16. The Kier molecular flexibility index (Phi) is 6.97. The van der Waals surface area contributed by atoms with Crippen LogP contribution in [0.25, 0.3) is 11.3 Å². The summed E-state index contributed by atoms with van der Waals surface area (Å²) in [6.07, 6.45) is -0.554. The minimum absolute atomic E-state index is 0.0803. The van der Waals surface area contributed by atoms with E-state index in [4.69, 9.17) is 24.3 Å².